The molecular weight excluding hydrogens is 333 g/mol. The topological polar surface area (TPSA) is 61.4 Å². The van der Waals surface area contributed by atoms with Gasteiger partial charge >= 0.3 is 0 Å². The van der Waals surface area contributed by atoms with Gasteiger partial charge in [-0.2, -0.15) is 0 Å². The predicted molar refractivity (Wildman–Crippen MR) is 99.9 cm³/mol. The Bertz CT molecular complexity index is 729. The molecule has 0 bridgehead atoms. The molecule has 0 radical (unpaired) electrons. The van der Waals surface area contributed by atoms with Gasteiger partial charge in [0.1, 0.15) is 23.7 Å². The van der Waals surface area contributed by atoms with Gasteiger partial charge in [-0.15, -0.1) is 0 Å². The van der Waals surface area contributed by atoms with E-state index in [2.05, 4.69) is 27.1 Å². The van der Waals surface area contributed by atoms with E-state index in [0.717, 1.165) is 25.1 Å². The number of carbonyl (C=O) groups is 1. The van der Waals surface area contributed by atoms with Crippen LogP contribution >= 0.6 is 0 Å². The summed E-state index contributed by atoms with van der Waals surface area (Å²) >= 11 is 0. The monoisotopic (exact) mass is 357 g/mol. The van der Waals surface area contributed by atoms with Crippen LogP contribution in [0.25, 0.3) is 0 Å². The molecule has 0 atom stereocenters. The van der Waals surface area contributed by atoms with Crippen LogP contribution in [0.3, 0.4) is 0 Å². The maximum Gasteiger partial charge on any atom is 0.272 e. The fourth-order valence-electron chi connectivity index (χ4n) is 2.95. The lowest BCUT2D eigenvalue weighted by molar-refractivity contribution is 0.0740. The lowest BCUT2D eigenvalue weighted by Crippen LogP contribution is -2.49. The van der Waals surface area contributed by atoms with Crippen LogP contribution in [0.5, 0.6) is 0 Å². The van der Waals surface area contributed by atoms with Crippen LogP contribution in [0.4, 0.5) is 15.9 Å². The second kappa shape index (κ2) is 8.60. The molecule has 1 N–H and O–H groups in total. The van der Waals surface area contributed by atoms with E-state index in [1.54, 1.807) is 23.1 Å². The molecule has 138 valence electrons. The van der Waals surface area contributed by atoms with Crippen LogP contribution in [0.2, 0.25) is 0 Å². The summed E-state index contributed by atoms with van der Waals surface area (Å²) in [6, 6.07) is 8.17. The molecule has 2 aromatic rings. The van der Waals surface area contributed by atoms with Crippen molar-refractivity contribution in [2.24, 2.45) is 0 Å². The minimum absolute atomic E-state index is 0.0790. The number of aromatic nitrogens is 2. The standard InChI is InChI=1S/C19H24FN5O/c1-2-3-8-21-18-13-17(22-14-23-18)19(26)25-11-9-24(10-12-25)16-6-4-15(20)5-7-16/h4-7,13-14H,2-3,8-12H2,1H3,(H,21,22,23). The number of anilines is 2. The average molecular weight is 357 g/mol. The molecular formula is C19H24FN5O. The van der Waals surface area contributed by atoms with Crippen LogP contribution in [0.15, 0.2) is 36.7 Å². The molecule has 1 aromatic carbocycles. The minimum atomic E-state index is -0.241. The van der Waals surface area contributed by atoms with Gasteiger partial charge in [0.05, 0.1) is 0 Å². The maximum absolute atomic E-state index is 13.1. The summed E-state index contributed by atoms with van der Waals surface area (Å²) in [4.78, 5) is 25.0. The summed E-state index contributed by atoms with van der Waals surface area (Å²) < 4.78 is 13.1. The van der Waals surface area contributed by atoms with Crippen molar-refractivity contribution in [3.63, 3.8) is 0 Å². The Morgan fingerprint density at radius 2 is 1.88 bits per heavy atom. The first kappa shape index (κ1) is 18.1. The number of benzene rings is 1. The summed E-state index contributed by atoms with van der Waals surface area (Å²) in [6.07, 6.45) is 3.58. The van der Waals surface area contributed by atoms with E-state index >= 15 is 0 Å². The van der Waals surface area contributed by atoms with E-state index in [9.17, 15) is 9.18 Å². The number of nitrogens with one attached hydrogen (secondary N) is 1. The molecule has 1 saturated heterocycles. The Balaban J connectivity index is 1.58. The van der Waals surface area contributed by atoms with Crippen LogP contribution in [0, 0.1) is 5.82 Å². The molecule has 2 heterocycles. The normalized spacial score (nSPS) is 14.4. The van der Waals surface area contributed by atoms with E-state index in [-0.39, 0.29) is 11.7 Å². The second-order valence-corrected chi connectivity index (χ2v) is 6.32. The second-order valence-electron chi connectivity index (χ2n) is 6.32. The first-order valence-electron chi connectivity index (χ1n) is 9.03. The van der Waals surface area contributed by atoms with E-state index in [1.165, 1.54) is 18.5 Å². The Morgan fingerprint density at radius 3 is 2.58 bits per heavy atom. The van der Waals surface area contributed by atoms with Gasteiger partial charge in [0.2, 0.25) is 0 Å². The highest BCUT2D eigenvalue weighted by Gasteiger charge is 2.23. The van der Waals surface area contributed by atoms with Gasteiger partial charge in [-0.1, -0.05) is 13.3 Å². The summed E-state index contributed by atoms with van der Waals surface area (Å²) in [7, 11) is 0. The smallest absolute Gasteiger partial charge is 0.272 e. The Morgan fingerprint density at radius 1 is 1.15 bits per heavy atom. The molecule has 1 aliphatic rings. The average Bonchev–Trinajstić information content (AvgIpc) is 2.69. The van der Waals surface area contributed by atoms with Gasteiger partial charge in [0.15, 0.2) is 0 Å². The van der Waals surface area contributed by atoms with Crippen molar-refractivity contribution in [2.75, 3.05) is 42.9 Å². The molecule has 0 saturated carbocycles. The molecule has 0 aliphatic carbocycles. The third-order valence-electron chi connectivity index (χ3n) is 4.48. The number of amides is 1. The minimum Gasteiger partial charge on any atom is -0.370 e. The first-order valence-corrected chi connectivity index (χ1v) is 9.03. The van der Waals surface area contributed by atoms with Gasteiger partial charge < -0.3 is 15.1 Å². The van der Waals surface area contributed by atoms with Crippen molar-refractivity contribution in [3.8, 4) is 0 Å². The molecule has 0 spiro atoms. The number of rotatable bonds is 6. The van der Waals surface area contributed by atoms with Crippen LogP contribution in [-0.2, 0) is 0 Å². The number of carbonyl (C=O) groups excluding carboxylic acids is 1. The van der Waals surface area contributed by atoms with E-state index in [4.69, 9.17) is 0 Å². The molecule has 3 rings (SSSR count). The molecule has 0 unspecified atom stereocenters. The molecule has 26 heavy (non-hydrogen) atoms. The summed E-state index contributed by atoms with van der Waals surface area (Å²) in [5, 5.41) is 3.22. The number of unbranched alkanes of at least 4 members (excludes halogenated alkanes) is 1. The van der Waals surface area contributed by atoms with Gasteiger partial charge in [0, 0.05) is 44.5 Å². The molecule has 1 aliphatic heterocycles. The van der Waals surface area contributed by atoms with Gasteiger partial charge in [0.25, 0.3) is 5.91 Å². The van der Waals surface area contributed by atoms with Crippen molar-refractivity contribution >= 4 is 17.4 Å². The third-order valence-corrected chi connectivity index (χ3v) is 4.48. The Labute approximate surface area is 153 Å². The van der Waals surface area contributed by atoms with Crippen molar-refractivity contribution < 1.29 is 9.18 Å². The number of halogens is 1. The zero-order chi connectivity index (χ0) is 18.4. The van der Waals surface area contributed by atoms with Crippen molar-refractivity contribution in [2.45, 2.75) is 19.8 Å². The van der Waals surface area contributed by atoms with E-state index in [0.29, 0.717) is 37.7 Å². The fraction of sp³-hybridized carbons (Fsp3) is 0.421. The van der Waals surface area contributed by atoms with E-state index < -0.39 is 0 Å². The zero-order valence-electron chi connectivity index (χ0n) is 15.0. The quantitative estimate of drug-likeness (QED) is 0.806. The van der Waals surface area contributed by atoms with Gasteiger partial charge in [-0.25, -0.2) is 14.4 Å². The van der Waals surface area contributed by atoms with Crippen molar-refractivity contribution in [3.05, 3.63) is 48.2 Å². The van der Waals surface area contributed by atoms with Crippen LogP contribution < -0.4 is 10.2 Å². The number of hydrogen-bond donors (Lipinski definition) is 1. The van der Waals surface area contributed by atoms with Crippen LogP contribution in [0.1, 0.15) is 30.3 Å². The molecule has 1 fully saturated rings. The summed E-state index contributed by atoms with van der Waals surface area (Å²) in [5.41, 5.74) is 1.39. The Kier molecular flexibility index (Phi) is 5.99. The number of hydrogen-bond acceptors (Lipinski definition) is 5. The zero-order valence-corrected chi connectivity index (χ0v) is 15.0. The third kappa shape index (κ3) is 4.47. The van der Waals surface area contributed by atoms with Gasteiger partial charge in [-0.3, -0.25) is 4.79 Å². The van der Waals surface area contributed by atoms with Crippen molar-refractivity contribution in [1.29, 1.82) is 0 Å². The van der Waals surface area contributed by atoms with Crippen molar-refractivity contribution in [1.82, 2.24) is 14.9 Å². The highest BCUT2D eigenvalue weighted by Crippen LogP contribution is 2.18. The van der Waals surface area contributed by atoms with E-state index in [1.807, 2.05) is 0 Å². The highest BCUT2D eigenvalue weighted by molar-refractivity contribution is 5.93. The lowest BCUT2D eigenvalue weighted by atomic mass is 10.2. The predicted octanol–water partition coefficient (Wildman–Crippen LogP) is 2.79. The maximum atomic E-state index is 13.1. The molecule has 7 heteroatoms. The number of piperazine rings is 1. The van der Waals surface area contributed by atoms with Gasteiger partial charge in [-0.05, 0) is 30.7 Å². The first-order chi connectivity index (χ1) is 12.7. The highest BCUT2D eigenvalue weighted by atomic mass is 19.1. The number of nitrogens with zero attached hydrogens (tertiary/aromatic N) is 4. The Hall–Kier alpha value is -2.70. The largest absolute Gasteiger partial charge is 0.370 e. The summed E-state index contributed by atoms with van der Waals surface area (Å²) in [5.74, 6) is 0.362. The van der Waals surface area contributed by atoms with Crippen LogP contribution in [-0.4, -0.2) is 53.5 Å². The molecule has 1 amide bonds. The SMILES string of the molecule is CCCCNc1cc(C(=O)N2CCN(c3ccc(F)cc3)CC2)ncn1. The molecule has 6 nitrogen and oxygen atoms in total. The fourth-order valence-corrected chi connectivity index (χ4v) is 2.95. The molecule has 1 aromatic heterocycles. The lowest BCUT2D eigenvalue weighted by Gasteiger charge is -2.36. The summed E-state index contributed by atoms with van der Waals surface area (Å²) in [6.45, 7) is 5.60.